The van der Waals surface area contributed by atoms with Crippen LogP contribution >= 0.6 is 15.9 Å². The van der Waals surface area contributed by atoms with Crippen molar-refractivity contribution in [3.05, 3.63) is 0 Å². The van der Waals surface area contributed by atoms with Crippen molar-refractivity contribution in [3.8, 4) is 0 Å². The van der Waals surface area contributed by atoms with Crippen LogP contribution in [0, 0.1) is 5.92 Å². The van der Waals surface area contributed by atoms with Crippen LogP contribution in [0.2, 0.25) is 0 Å². The second kappa shape index (κ2) is 4.79. The van der Waals surface area contributed by atoms with Gasteiger partial charge in [-0.3, -0.25) is 0 Å². The smallest absolute Gasteiger partial charge is 0.0103 e. The molecule has 2 aliphatic rings. The Morgan fingerprint density at radius 3 is 2.69 bits per heavy atom. The van der Waals surface area contributed by atoms with Crippen molar-refractivity contribution in [3.63, 3.8) is 0 Å². The minimum absolute atomic E-state index is 0.897. The standard InChI is InChI=1S/C11H20BrN/c12-7-6-11-3-1-2-8-13(11)9-10-4-5-10/h10-11H,1-9H2. The Kier molecular flexibility index (Phi) is 3.67. The molecule has 0 radical (unpaired) electrons. The van der Waals surface area contributed by atoms with Crippen LogP contribution in [0.15, 0.2) is 0 Å². The maximum Gasteiger partial charge on any atom is 0.0103 e. The van der Waals surface area contributed by atoms with Crippen molar-refractivity contribution >= 4 is 15.9 Å². The normalized spacial score (nSPS) is 30.7. The average Bonchev–Trinajstić information content (AvgIpc) is 2.93. The number of rotatable bonds is 4. The molecule has 1 aliphatic carbocycles. The summed E-state index contributed by atoms with van der Waals surface area (Å²) < 4.78 is 0. The molecular weight excluding hydrogens is 226 g/mol. The van der Waals surface area contributed by atoms with Gasteiger partial charge < -0.3 is 4.90 Å². The van der Waals surface area contributed by atoms with Gasteiger partial charge in [0.1, 0.15) is 0 Å². The van der Waals surface area contributed by atoms with Crippen molar-refractivity contribution in [1.82, 2.24) is 4.90 Å². The van der Waals surface area contributed by atoms with Crippen LogP contribution in [0.5, 0.6) is 0 Å². The summed E-state index contributed by atoms with van der Waals surface area (Å²) in [5.74, 6) is 1.07. The maximum atomic E-state index is 3.57. The predicted octanol–water partition coefficient (Wildman–Crippen LogP) is 3.04. The van der Waals surface area contributed by atoms with Gasteiger partial charge >= 0.3 is 0 Å². The fraction of sp³-hybridized carbons (Fsp3) is 1.00. The lowest BCUT2D eigenvalue weighted by atomic mass is 10.00. The molecule has 2 fully saturated rings. The molecule has 0 aromatic rings. The van der Waals surface area contributed by atoms with Crippen LogP contribution in [0.1, 0.15) is 38.5 Å². The summed E-state index contributed by atoms with van der Waals surface area (Å²) in [6.07, 6.45) is 8.68. The zero-order chi connectivity index (χ0) is 9.10. The third-order valence-electron chi connectivity index (χ3n) is 3.38. The minimum Gasteiger partial charge on any atom is -0.300 e. The lowest BCUT2D eigenvalue weighted by molar-refractivity contribution is 0.139. The second-order valence-electron chi connectivity index (χ2n) is 4.57. The Morgan fingerprint density at radius 2 is 2.00 bits per heavy atom. The van der Waals surface area contributed by atoms with Crippen molar-refractivity contribution in [1.29, 1.82) is 0 Å². The Morgan fingerprint density at radius 1 is 1.15 bits per heavy atom. The fourth-order valence-corrected chi connectivity index (χ4v) is 2.91. The summed E-state index contributed by atoms with van der Waals surface area (Å²) in [7, 11) is 0. The molecule has 0 amide bonds. The molecule has 0 bridgehead atoms. The molecule has 0 N–H and O–H groups in total. The highest BCUT2D eigenvalue weighted by Gasteiger charge is 2.29. The largest absolute Gasteiger partial charge is 0.300 e. The molecule has 0 aromatic carbocycles. The summed E-state index contributed by atoms with van der Waals surface area (Å²) in [5, 5.41) is 1.18. The third kappa shape index (κ3) is 2.95. The number of alkyl halides is 1. The Balaban J connectivity index is 1.79. The predicted molar refractivity (Wildman–Crippen MR) is 60.3 cm³/mol. The topological polar surface area (TPSA) is 3.24 Å². The van der Waals surface area contributed by atoms with E-state index in [1.165, 1.54) is 56.9 Å². The first kappa shape index (κ1) is 9.97. The van der Waals surface area contributed by atoms with Crippen LogP contribution in [-0.4, -0.2) is 29.4 Å². The monoisotopic (exact) mass is 245 g/mol. The maximum absolute atomic E-state index is 3.57. The molecular formula is C11H20BrN. The van der Waals surface area contributed by atoms with Gasteiger partial charge in [-0.2, -0.15) is 0 Å². The lowest BCUT2D eigenvalue weighted by Gasteiger charge is -2.35. The van der Waals surface area contributed by atoms with E-state index >= 15 is 0 Å². The van der Waals surface area contributed by atoms with Gasteiger partial charge in [0, 0.05) is 17.9 Å². The van der Waals surface area contributed by atoms with Gasteiger partial charge in [0.05, 0.1) is 0 Å². The first-order chi connectivity index (χ1) is 6.40. The SMILES string of the molecule is BrCCC1CCCCN1CC1CC1. The second-order valence-corrected chi connectivity index (χ2v) is 5.36. The first-order valence-corrected chi connectivity index (χ1v) is 6.82. The third-order valence-corrected chi connectivity index (χ3v) is 3.84. The van der Waals surface area contributed by atoms with Gasteiger partial charge in [0.2, 0.25) is 0 Å². The van der Waals surface area contributed by atoms with E-state index < -0.39 is 0 Å². The zero-order valence-electron chi connectivity index (χ0n) is 8.34. The molecule has 0 aromatic heterocycles. The minimum atomic E-state index is 0.897. The van der Waals surface area contributed by atoms with Crippen molar-refractivity contribution in [2.24, 2.45) is 5.92 Å². The Hall–Kier alpha value is 0.440. The van der Waals surface area contributed by atoms with Gasteiger partial charge in [0.25, 0.3) is 0 Å². The van der Waals surface area contributed by atoms with E-state index in [4.69, 9.17) is 0 Å². The van der Waals surface area contributed by atoms with E-state index in [1.807, 2.05) is 0 Å². The number of hydrogen-bond acceptors (Lipinski definition) is 1. The van der Waals surface area contributed by atoms with E-state index in [-0.39, 0.29) is 0 Å². The molecule has 1 saturated carbocycles. The summed E-state index contributed by atoms with van der Waals surface area (Å²) in [6.45, 7) is 2.77. The van der Waals surface area contributed by atoms with E-state index in [0.717, 1.165) is 12.0 Å². The molecule has 2 heteroatoms. The quantitative estimate of drug-likeness (QED) is 0.689. The first-order valence-electron chi connectivity index (χ1n) is 5.70. The van der Waals surface area contributed by atoms with Crippen LogP contribution in [0.4, 0.5) is 0 Å². The molecule has 1 nitrogen and oxygen atoms in total. The molecule has 1 aliphatic heterocycles. The molecule has 1 unspecified atom stereocenters. The lowest BCUT2D eigenvalue weighted by Crippen LogP contribution is -2.40. The number of hydrogen-bond donors (Lipinski definition) is 0. The van der Waals surface area contributed by atoms with Gasteiger partial charge in [-0.1, -0.05) is 22.4 Å². The van der Waals surface area contributed by atoms with Crippen LogP contribution < -0.4 is 0 Å². The van der Waals surface area contributed by atoms with Gasteiger partial charge in [-0.15, -0.1) is 0 Å². The molecule has 76 valence electrons. The van der Waals surface area contributed by atoms with Crippen molar-refractivity contribution < 1.29 is 0 Å². The van der Waals surface area contributed by atoms with Crippen LogP contribution in [0.25, 0.3) is 0 Å². The van der Waals surface area contributed by atoms with E-state index in [0.29, 0.717) is 0 Å². The number of likely N-dealkylation sites (tertiary alicyclic amines) is 1. The van der Waals surface area contributed by atoms with E-state index in [9.17, 15) is 0 Å². The molecule has 13 heavy (non-hydrogen) atoms. The highest BCUT2D eigenvalue weighted by Crippen LogP contribution is 2.32. The highest BCUT2D eigenvalue weighted by atomic mass is 79.9. The Bertz CT molecular complexity index is 154. The van der Waals surface area contributed by atoms with E-state index in [2.05, 4.69) is 20.8 Å². The highest BCUT2D eigenvalue weighted by molar-refractivity contribution is 9.09. The molecule has 1 heterocycles. The molecule has 1 saturated heterocycles. The molecule has 2 rings (SSSR count). The van der Waals surface area contributed by atoms with Crippen molar-refractivity contribution in [2.45, 2.75) is 44.6 Å². The fourth-order valence-electron chi connectivity index (χ4n) is 2.39. The van der Waals surface area contributed by atoms with Gasteiger partial charge in [-0.05, 0) is 44.6 Å². The zero-order valence-corrected chi connectivity index (χ0v) is 9.93. The number of piperidine rings is 1. The summed E-state index contributed by atoms with van der Waals surface area (Å²) in [6, 6.07) is 0.897. The Labute approximate surface area is 90.0 Å². The van der Waals surface area contributed by atoms with Gasteiger partial charge in [0.15, 0.2) is 0 Å². The molecule has 0 spiro atoms. The summed E-state index contributed by atoms with van der Waals surface area (Å²) >= 11 is 3.57. The van der Waals surface area contributed by atoms with Crippen LogP contribution in [-0.2, 0) is 0 Å². The van der Waals surface area contributed by atoms with E-state index in [1.54, 1.807) is 0 Å². The summed E-state index contributed by atoms with van der Waals surface area (Å²) in [4.78, 5) is 2.75. The average molecular weight is 246 g/mol. The number of halogens is 1. The van der Waals surface area contributed by atoms with Crippen LogP contribution in [0.3, 0.4) is 0 Å². The van der Waals surface area contributed by atoms with Crippen molar-refractivity contribution in [2.75, 3.05) is 18.4 Å². The number of nitrogens with zero attached hydrogens (tertiary/aromatic N) is 1. The summed E-state index contributed by atoms with van der Waals surface area (Å²) in [5.41, 5.74) is 0. The molecule has 1 atom stereocenters. The van der Waals surface area contributed by atoms with Gasteiger partial charge in [-0.25, -0.2) is 0 Å².